The molecule has 1 aromatic carbocycles. The number of hydrogen-bond acceptors (Lipinski definition) is 4. The van der Waals surface area contributed by atoms with Crippen LogP contribution in [0.1, 0.15) is 12.6 Å². The summed E-state index contributed by atoms with van der Waals surface area (Å²) in [6.07, 6.45) is 0.821. The Balaban J connectivity index is 2.01. The van der Waals surface area contributed by atoms with Gasteiger partial charge < -0.3 is 4.74 Å². The number of amides is 1. The quantitative estimate of drug-likeness (QED) is 0.489. The Labute approximate surface area is 154 Å². The number of fused-ring (bicyclic) bond motifs is 1. The van der Waals surface area contributed by atoms with Crippen LogP contribution in [-0.2, 0) is 4.74 Å². The number of nitrogens with zero attached hydrogens (tertiary/aromatic N) is 2. The van der Waals surface area contributed by atoms with Crippen LogP contribution in [0.4, 0.5) is 14.9 Å². The molecule has 2 heterocycles. The van der Waals surface area contributed by atoms with E-state index in [0.717, 1.165) is 22.2 Å². The van der Waals surface area contributed by atoms with Gasteiger partial charge in [-0.1, -0.05) is 24.2 Å². The molecule has 2 aromatic heterocycles. The lowest BCUT2D eigenvalue weighted by Gasteiger charge is -2.11. The van der Waals surface area contributed by atoms with Gasteiger partial charge in [-0.15, -0.1) is 0 Å². The van der Waals surface area contributed by atoms with Crippen molar-refractivity contribution in [1.29, 1.82) is 0 Å². The summed E-state index contributed by atoms with van der Waals surface area (Å²) in [6.45, 7) is 6.84. The van der Waals surface area contributed by atoms with Gasteiger partial charge in [-0.05, 0) is 37.6 Å². The lowest BCUT2D eigenvalue weighted by Crippen LogP contribution is -2.13. The van der Waals surface area contributed by atoms with Gasteiger partial charge in [0.1, 0.15) is 11.0 Å². The van der Waals surface area contributed by atoms with Crippen molar-refractivity contribution < 1.29 is 13.9 Å². The second kappa shape index (κ2) is 7.09. The molecule has 3 rings (SSSR count). The molecular weight excluding hydrogens is 357 g/mol. The largest absolute Gasteiger partial charge is 0.416 e. The Morgan fingerprint density at radius 1 is 1.31 bits per heavy atom. The molecule has 0 bridgehead atoms. The molecule has 0 spiro atoms. The van der Waals surface area contributed by atoms with E-state index in [4.69, 9.17) is 16.3 Å². The fourth-order valence-electron chi connectivity index (χ4n) is 2.51. The first kappa shape index (κ1) is 17.8. The van der Waals surface area contributed by atoms with E-state index in [1.165, 1.54) is 19.1 Å². The summed E-state index contributed by atoms with van der Waals surface area (Å²) in [7, 11) is 0. The molecule has 132 valence electrons. The average Bonchev–Trinajstić information content (AvgIpc) is 2.55. The van der Waals surface area contributed by atoms with E-state index in [-0.39, 0.29) is 11.4 Å². The molecular formula is C19H15ClFN3O2. The highest BCUT2D eigenvalue weighted by atomic mass is 35.5. The molecule has 0 aliphatic heterocycles. The average molecular weight is 372 g/mol. The normalized spacial score (nSPS) is 10.6. The predicted octanol–water partition coefficient (Wildman–Crippen LogP) is 5.48. The van der Waals surface area contributed by atoms with Gasteiger partial charge in [-0.2, -0.15) is 0 Å². The second-order valence-electron chi connectivity index (χ2n) is 5.73. The zero-order chi connectivity index (χ0) is 18.8. The third-order valence-electron chi connectivity index (χ3n) is 3.64. The summed E-state index contributed by atoms with van der Waals surface area (Å²) in [4.78, 5) is 20.3. The van der Waals surface area contributed by atoms with Gasteiger partial charge in [0.2, 0.25) is 0 Å². The van der Waals surface area contributed by atoms with Crippen molar-refractivity contribution in [3.63, 3.8) is 0 Å². The molecule has 1 amide bonds. The monoisotopic (exact) mass is 371 g/mol. The number of nitrogens with one attached hydrogen (secondary N) is 1. The molecule has 1 N–H and O–H groups in total. The number of carbonyl (C=O) groups excluding carboxylic acids is 1. The van der Waals surface area contributed by atoms with Crippen molar-refractivity contribution in [1.82, 2.24) is 9.97 Å². The summed E-state index contributed by atoms with van der Waals surface area (Å²) in [5, 5.41) is 3.53. The zero-order valence-corrected chi connectivity index (χ0v) is 14.9. The second-order valence-corrected chi connectivity index (χ2v) is 6.12. The molecule has 3 aromatic rings. The molecule has 26 heavy (non-hydrogen) atoms. The number of rotatable bonds is 3. The van der Waals surface area contributed by atoms with E-state index in [2.05, 4.69) is 21.9 Å². The first-order valence-corrected chi connectivity index (χ1v) is 8.08. The Morgan fingerprint density at radius 2 is 2.08 bits per heavy atom. The lowest BCUT2D eigenvalue weighted by molar-refractivity contribution is 0.192. The molecule has 5 nitrogen and oxygen atoms in total. The zero-order valence-electron chi connectivity index (χ0n) is 14.1. The maximum atomic E-state index is 14.0. The van der Waals surface area contributed by atoms with Crippen molar-refractivity contribution in [2.75, 3.05) is 5.32 Å². The van der Waals surface area contributed by atoms with Crippen LogP contribution in [0.15, 0.2) is 48.9 Å². The number of anilines is 1. The minimum absolute atomic E-state index is 0.00229. The molecule has 7 heteroatoms. The van der Waals surface area contributed by atoms with Crippen molar-refractivity contribution in [2.45, 2.75) is 13.8 Å². The number of benzene rings is 1. The number of allylic oxidation sites excluding steroid dienone is 1. The fourth-order valence-corrected chi connectivity index (χ4v) is 2.67. The highest BCUT2D eigenvalue weighted by Crippen LogP contribution is 2.30. The third kappa shape index (κ3) is 3.81. The molecule has 0 saturated carbocycles. The first-order valence-electron chi connectivity index (χ1n) is 7.70. The highest BCUT2D eigenvalue weighted by molar-refractivity contribution is 6.30. The van der Waals surface area contributed by atoms with Crippen molar-refractivity contribution in [3.8, 4) is 11.1 Å². The van der Waals surface area contributed by atoms with E-state index in [9.17, 15) is 9.18 Å². The lowest BCUT2D eigenvalue weighted by atomic mass is 10.0. The van der Waals surface area contributed by atoms with Gasteiger partial charge in [0, 0.05) is 28.9 Å². The first-order chi connectivity index (χ1) is 12.3. The number of hydrogen-bond donors (Lipinski definition) is 1. The molecule has 0 aliphatic carbocycles. The number of aryl methyl sites for hydroxylation is 1. The van der Waals surface area contributed by atoms with Crippen LogP contribution in [0.25, 0.3) is 22.0 Å². The molecule has 0 unspecified atom stereocenters. The molecule has 0 fully saturated rings. The summed E-state index contributed by atoms with van der Waals surface area (Å²) < 4.78 is 18.9. The Hall–Kier alpha value is -2.99. The summed E-state index contributed by atoms with van der Waals surface area (Å²) in [5.41, 5.74) is 2.94. The smallest absolute Gasteiger partial charge is 0.416 e. The van der Waals surface area contributed by atoms with E-state index >= 15 is 0 Å². The molecule has 0 saturated heterocycles. The fraction of sp³-hybridized carbons (Fsp3) is 0.105. The molecule has 0 atom stereocenters. The summed E-state index contributed by atoms with van der Waals surface area (Å²) >= 11 is 5.90. The van der Waals surface area contributed by atoms with Gasteiger partial charge in [-0.3, -0.25) is 10.3 Å². The molecule has 0 radical (unpaired) electrons. The van der Waals surface area contributed by atoms with Gasteiger partial charge in [0.05, 0.1) is 17.0 Å². The standard InChI is InChI=1S/C19H15ClFN3O2/c1-10(2)26-19(25)24-17-7-12(4-5-15(17)21)14-6-13-9-22-18(20)8-16(13)23-11(14)3/h4-9H,1H2,2-3H3,(H,24,25). The van der Waals surface area contributed by atoms with Crippen LogP contribution in [0, 0.1) is 12.7 Å². The number of ether oxygens (including phenoxy) is 1. The SMILES string of the molecule is C=C(C)OC(=O)Nc1cc(-c2cc3cnc(Cl)cc3nc2C)ccc1F. The van der Waals surface area contributed by atoms with Gasteiger partial charge >= 0.3 is 6.09 Å². The van der Waals surface area contributed by atoms with Crippen LogP contribution in [0.2, 0.25) is 5.15 Å². The van der Waals surface area contributed by atoms with Gasteiger partial charge in [0.25, 0.3) is 0 Å². The minimum Gasteiger partial charge on any atom is -0.416 e. The molecule has 0 aliphatic rings. The van der Waals surface area contributed by atoms with E-state index in [0.29, 0.717) is 10.7 Å². The maximum Gasteiger partial charge on any atom is 0.416 e. The van der Waals surface area contributed by atoms with E-state index in [1.807, 2.05) is 13.0 Å². The maximum absolute atomic E-state index is 14.0. The van der Waals surface area contributed by atoms with Crippen LogP contribution in [-0.4, -0.2) is 16.1 Å². The summed E-state index contributed by atoms with van der Waals surface area (Å²) in [5.74, 6) is -0.368. The Bertz CT molecular complexity index is 1040. The van der Waals surface area contributed by atoms with Crippen LogP contribution in [0.5, 0.6) is 0 Å². The van der Waals surface area contributed by atoms with Crippen LogP contribution in [0.3, 0.4) is 0 Å². The minimum atomic E-state index is -0.805. The summed E-state index contributed by atoms with van der Waals surface area (Å²) in [6, 6.07) is 7.98. The predicted molar refractivity (Wildman–Crippen MR) is 99.6 cm³/mol. The van der Waals surface area contributed by atoms with Crippen molar-refractivity contribution in [3.05, 3.63) is 65.5 Å². The number of aromatic nitrogens is 2. The van der Waals surface area contributed by atoms with Gasteiger partial charge in [0.15, 0.2) is 0 Å². The number of carbonyl (C=O) groups is 1. The van der Waals surface area contributed by atoms with Crippen molar-refractivity contribution in [2.24, 2.45) is 0 Å². The Morgan fingerprint density at radius 3 is 2.81 bits per heavy atom. The Kier molecular flexibility index (Phi) is 4.86. The topological polar surface area (TPSA) is 64.1 Å². The van der Waals surface area contributed by atoms with Crippen LogP contribution >= 0.6 is 11.6 Å². The van der Waals surface area contributed by atoms with Crippen LogP contribution < -0.4 is 5.32 Å². The third-order valence-corrected chi connectivity index (χ3v) is 3.84. The number of pyridine rings is 2. The number of halogens is 2. The van der Waals surface area contributed by atoms with E-state index in [1.54, 1.807) is 18.3 Å². The van der Waals surface area contributed by atoms with E-state index < -0.39 is 11.9 Å². The van der Waals surface area contributed by atoms with Crippen molar-refractivity contribution >= 4 is 34.3 Å². The van der Waals surface area contributed by atoms with Gasteiger partial charge in [-0.25, -0.2) is 14.2 Å². The highest BCUT2D eigenvalue weighted by Gasteiger charge is 2.12.